The summed E-state index contributed by atoms with van der Waals surface area (Å²) in [7, 11) is 0. The molecule has 0 aliphatic heterocycles. The number of thiol groups is 1. The van der Waals surface area contributed by atoms with Gasteiger partial charge in [0, 0.05) is 0 Å². The molecule has 0 saturated carbocycles. The molecule has 0 aromatic rings. The van der Waals surface area contributed by atoms with Crippen LogP contribution in [0.2, 0.25) is 0 Å². The predicted octanol–water partition coefficient (Wildman–Crippen LogP) is 1.28. The van der Waals surface area contributed by atoms with Gasteiger partial charge in [-0.05, 0) is 5.92 Å². The van der Waals surface area contributed by atoms with E-state index in [4.69, 9.17) is 5.11 Å². The highest BCUT2D eigenvalue weighted by Gasteiger charge is 2.04. The average Bonchev–Trinajstić information content (AvgIpc) is 1.65. The average molecular weight is 120 g/mol. The van der Waals surface area contributed by atoms with Crippen molar-refractivity contribution in [2.24, 2.45) is 5.92 Å². The monoisotopic (exact) mass is 120 g/mol. The van der Waals surface area contributed by atoms with E-state index in [1.165, 1.54) is 0 Å². The molecule has 1 nitrogen and oxygen atoms in total. The molecule has 1 N–H and O–H groups in total. The maximum absolute atomic E-state index is 8.69. The first-order valence-electron chi connectivity index (χ1n) is 2.54. The second-order valence-corrected chi connectivity index (χ2v) is 2.33. The number of rotatable bonds is 2. The Morgan fingerprint density at radius 1 is 1.71 bits per heavy atom. The molecule has 0 amide bonds. The van der Waals surface area contributed by atoms with Crippen LogP contribution in [0.3, 0.4) is 0 Å². The molecule has 0 aliphatic carbocycles. The fraction of sp³-hybridized carbons (Fsp3) is 1.00. The van der Waals surface area contributed by atoms with Crippen LogP contribution in [0.15, 0.2) is 0 Å². The summed E-state index contributed by atoms with van der Waals surface area (Å²) in [6, 6.07) is 0. The van der Waals surface area contributed by atoms with E-state index in [0.717, 1.165) is 6.42 Å². The van der Waals surface area contributed by atoms with Crippen molar-refractivity contribution in [3.05, 3.63) is 0 Å². The minimum atomic E-state index is -0.440. The predicted molar refractivity (Wildman–Crippen MR) is 34.4 cm³/mol. The Labute approximate surface area is 50.1 Å². The molecule has 0 rings (SSSR count). The third kappa shape index (κ3) is 2.94. The summed E-state index contributed by atoms with van der Waals surface area (Å²) in [5.41, 5.74) is -0.440. The number of aliphatic hydroxyl groups excluding tert-OH is 1. The Bertz CT molecular complexity index is 45.3. The van der Waals surface area contributed by atoms with Gasteiger partial charge in [0.2, 0.25) is 0 Å². The molecule has 2 heteroatoms. The lowest BCUT2D eigenvalue weighted by molar-refractivity contribution is 0.201. The van der Waals surface area contributed by atoms with Crippen LogP contribution < -0.4 is 0 Å². The normalized spacial score (nSPS) is 18.9. The van der Waals surface area contributed by atoms with E-state index in [-0.39, 0.29) is 0 Å². The minimum absolute atomic E-state index is 0.323. The Hall–Kier alpha value is 0.310. The summed E-state index contributed by atoms with van der Waals surface area (Å²) in [6.07, 6.45) is 0.991. The Morgan fingerprint density at radius 2 is 2.14 bits per heavy atom. The van der Waals surface area contributed by atoms with Gasteiger partial charge in [-0.2, -0.15) is 0 Å². The molecular weight excluding hydrogens is 108 g/mol. The molecule has 0 heterocycles. The Morgan fingerprint density at radius 3 is 2.14 bits per heavy atom. The molecule has 0 aromatic carbocycles. The molecule has 7 heavy (non-hydrogen) atoms. The van der Waals surface area contributed by atoms with Gasteiger partial charge in [0.1, 0.15) is 0 Å². The summed E-state index contributed by atoms with van der Waals surface area (Å²) in [6.45, 7) is 4.00. The molecule has 0 bridgehead atoms. The molecule has 0 spiro atoms. The molecule has 2 atom stereocenters. The Kier molecular flexibility index (Phi) is 3.48. The first-order valence-corrected chi connectivity index (χ1v) is 3.06. The van der Waals surface area contributed by atoms with Gasteiger partial charge in [0.15, 0.2) is 0 Å². The molecule has 0 aromatic heterocycles. The maximum atomic E-state index is 8.69. The van der Waals surface area contributed by atoms with E-state index in [1.54, 1.807) is 0 Å². The zero-order valence-electron chi connectivity index (χ0n) is 4.76. The Balaban J connectivity index is 3.14. The van der Waals surface area contributed by atoms with Crippen LogP contribution in [0.1, 0.15) is 20.3 Å². The lowest BCUT2D eigenvalue weighted by atomic mass is 10.1. The molecule has 0 saturated heterocycles. The third-order valence-electron chi connectivity index (χ3n) is 1.15. The molecule has 44 valence electrons. The molecular formula is C5H12OS. The van der Waals surface area contributed by atoms with Crippen LogP contribution in [0.4, 0.5) is 0 Å². The second-order valence-electron chi connectivity index (χ2n) is 1.80. The van der Waals surface area contributed by atoms with Crippen LogP contribution in [-0.4, -0.2) is 10.5 Å². The lowest BCUT2D eigenvalue weighted by Gasteiger charge is -2.08. The van der Waals surface area contributed by atoms with Crippen LogP contribution in [0.25, 0.3) is 0 Å². The largest absolute Gasteiger partial charge is 0.382 e. The van der Waals surface area contributed by atoms with Crippen LogP contribution in [0.5, 0.6) is 0 Å². The highest BCUT2D eigenvalue weighted by atomic mass is 32.1. The van der Waals surface area contributed by atoms with Gasteiger partial charge in [-0.1, -0.05) is 20.3 Å². The lowest BCUT2D eigenvalue weighted by Crippen LogP contribution is -2.07. The second kappa shape index (κ2) is 3.33. The van der Waals surface area contributed by atoms with Crippen LogP contribution >= 0.6 is 12.6 Å². The van der Waals surface area contributed by atoms with Gasteiger partial charge in [-0.3, -0.25) is 0 Å². The van der Waals surface area contributed by atoms with Crippen molar-refractivity contribution in [1.29, 1.82) is 0 Å². The summed E-state index contributed by atoms with van der Waals surface area (Å²) < 4.78 is 0. The number of aliphatic hydroxyl groups is 1. The number of hydrogen-bond donors (Lipinski definition) is 2. The molecule has 2 unspecified atom stereocenters. The van der Waals surface area contributed by atoms with E-state index in [9.17, 15) is 0 Å². The van der Waals surface area contributed by atoms with Gasteiger partial charge < -0.3 is 5.11 Å². The fourth-order valence-electron chi connectivity index (χ4n) is 0.211. The zero-order valence-corrected chi connectivity index (χ0v) is 5.65. The van der Waals surface area contributed by atoms with Crippen molar-refractivity contribution in [2.45, 2.75) is 25.7 Å². The first kappa shape index (κ1) is 7.31. The summed E-state index contributed by atoms with van der Waals surface area (Å²) in [4.78, 5) is 0. The van der Waals surface area contributed by atoms with E-state index in [1.807, 2.05) is 13.8 Å². The number of hydrogen-bond acceptors (Lipinski definition) is 2. The van der Waals surface area contributed by atoms with E-state index in [0.29, 0.717) is 5.92 Å². The highest BCUT2D eigenvalue weighted by molar-refractivity contribution is 7.80. The molecule has 0 fully saturated rings. The van der Waals surface area contributed by atoms with Crippen molar-refractivity contribution in [3.63, 3.8) is 0 Å². The van der Waals surface area contributed by atoms with Gasteiger partial charge in [0.25, 0.3) is 0 Å². The van der Waals surface area contributed by atoms with E-state index in [2.05, 4.69) is 12.6 Å². The van der Waals surface area contributed by atoms with Crippen LogP contribution in [0, 0.1) is 5.92 Å². The summed E-state index contributed by atoms with van der Waals surface area (Å²) in [5.74, 6) is 0.323. The fourth-order valence-corrected chi connectivity index (χ4v) is 0.422. The van der Waals surface area contributed by atoms with Gasteiger partial charge in [0.05, 0.1) is 5.44 Å². The van der Waals surface area contributed by atoms with E-state index < -0.39 is 5.44 Å². The van der Waals surface area contributed by atoms with Gasteiger partial charge in [-0.25, -0.2) is 0 Å². The minimum Gasteiger partial charge on any atom is -0.382 e. The third-order valence-corrected chi connectivity index (χ3v) is 1.66. The van der Waals surface area contributed by atoms with Gasteiger partial charge >= 0.3 is 0 Å². The van der Waals surface area contributed by atoms with Gasteiger partial charge in [-0.15, -0.1) is 12.6 Å². The zero-order chi connectivity index (χ0) is 5.86. The van der Waals surface area contributed by atoms with Crippen molar-refractivity contribution >= 4 is 12.6 Å². The van der Waals surface area contributed by atoms with E-state index >= 15 is 0 Å². The van der Waals surface area contributed by atoms with Crippen molar-refractivity contribution in [3.8, 4) is 0 Å². The quantitative estimate of drug-likeness (QED) is 0.415. The molecule has 0 aliphatic rings. The SMILES string of the molecule is CCC(C)C(O)S. The summed E-state index contributed by atoms with van der Waals surface area (Å²) in [5, 5.41) is 8.69. The van der Waals surface area contributed by atoms with Crippen molar-refractivity contribution in [2.75, 3.05) is 0 Å². The maximum Gasteiger partial charge on any atom is 0.0990 e. The summed E-state index contributed by atoms with van der Waals surface area (Å²) >= 11 is 3.83. The first-order chi connectivity index (χ1) is 3.18. The van der Waals surface area contributed by atoms with Crippen molar-refractivity contribution < 1.29 is 5.11 Å². The van der Waals surface area contributed by atoms with Crippen LogP contribution in [-0.2, 0) is 0 Å². The smallest absolute Gasteiger partial charge is 0.0990 e. The van der Waals surface area contributed by atoms with Crippen molar-refractivity contribution in [1.82, 2.24) is 0 Å². The molecule has 0 radical (unpaired) electrons. The highest BCUT2D eigenvalue weighted by Crippen LogP contribution is 2.08. The standard InChI is InChI=1S/C5H12OS/c1-3-4(2)5(6)7/h4-7H,3H2,1-2H3. The topological polar surface area (TPSA) is 20.2 Å².